The summed E-state index contributed by atoms with van der Waals surface area (Å²) >= 11 is 10.6. The standard InChI is InChI=1S/C20H37Br3O2/c1-2-3-4-5-7-10-13-18(22)14-11-8-6-9-12-15-20(24)25-17-19(23)16-21/h18-19H,2-17H2,1H3. The van der Waals surface area contributed by atoms with Gasteiger partial charge in [0.1, 0.15) is 6.61 Å². The number of esters is 1. The third kappa shape index (κ3) is 19.5. The number of carbonyl (C=O) groups is 1. The molecule has 0 radical (unpaired) electrons. The van der Waals surface area contributed by atoms with E-state index in [1.54, 1.807) is 0 Å². The van der Waals surface area contributed by atoms with Crippen molar-refractivity contribution in [3.05, 3.63) is 0 Å². The second kappa shape index (κ2) is 19.7. The third-order valence-corrected chi connectivity index (χ3v) is 7.52. The molecule has 5 heteroatoms. The monoisotopic (exact) mass is 546 g/mol. The molecular weight excluding hydrogens is 512 g/mol. The molecule has 0 aliphatic rings. The van der Waals surface area contributed by atoms with Crippen LogP contribution in [-0.4, -0.2) is 27.6 Å². The van der Waals surface area contributed by atoms with Crippen molar-refractivity contribution in [2.24, 2.45) is 0 Å². The Morgan fingerprint density at radius 3 is 1.88 bits per heavy atom. The van der Waals surface area contributed by atoms with E-state index in [1.807, 2.05) is 0 Å². The Morgan fingerprint density at radius 1 is 0.800 bits per heavy atom. The highest BCUT2D eigenvalue weighted by molar-refractivity contribution is 9.12. The highest BCUT2D eigenvalue weighted by atomic mass is 79.9. The van der Waals surface area contributed by atoms with E-state index in [0.29, 0.717) is 17.9 Å². The van der Waals surface area contributed by atoms with Crippen LogP contribution in [0.4, 0.5) is 0 Å². The zero-order valence-electron chi connectivity index (χ0n) is 15.9. The molecule has 0 aromatic carbocycles. The van der Waals surface area contributed by atoms with Crippen LogP contribution in [0, 0.1) is 0 Å². The molecule has 2 unspecified atom stereocenters. The van der Waals surface area contributed by atoms with Gasteiger partial charge < -0.3 is 4.74 Å². The van der Waals surface area contributed by atoms with Crippen molar-refractivity contribution < 1.29 is 9.53 Å². The van der Waals surface area contributed by atoms with Crippen LogP contribution < -0.4 is 0 Å². The van der Waals surface area contributed by atoms with Crippen LogP contribution in [-0.2, 0) is 9.53 Å². The van der Waals surface area contributed by atoms with Crippen molar-refractivity contribution in [3.63, 3.8) is 0 Å². The van der Waals surface area contributed by atoms with Crippen molar-refractivity contribution in [1.82, 2.24) is 0 Å². The first-order valence-electron chi connectivity index (χ1n) is 10.1. The van der Waals surface area contributed by atoms with E-state index in [9.17, 15) is 4.79 Å². The molecule has 0 fully saturated rings. The molecule has 0 aliphatic heterocycles. The van der Waals surface area contributed by atoms with Crippen LogP contribution in [0.25, 0.3) is 0 Å². The maximum absolute atomic E-state index is 11.6. The Bertz CT molecular complexity index is 301. The number of hydrogen-bond donors (Lipinski definition) is 0. The van der Waals surface area contributed by atoms with E-state index >= 15 is 0 Å². The number of unbranched alkanes of at least 4 members (excludes halogenated alkanes) is 9. The summed E-state index contributed by atoms with van der Waals surface area (Å²) in [5, 5.41) is 0.799. The molecule has 25 heavy (non-hydrogen) atoms. The van der Waals surface area contributed by atoms with Gasteiger partial charge in [-0.05, 0) is 19.3 Å². The fourth-order valence-electron chi connectivity index (χ4n) is 2.76. The Morgan fingerprint density at radius 2 is 1.32 bits per heavy atom. The lowest BCUT2D eigenvalue weighted by atomic mass is 10.0. The van der Waals surface area contributed by atoms with Gasteiger partial charge in [0.05, 0.1) is 4.83 Å². The fraction of sp³-hybridized carbons (Fsp3) is 0.950. The molecule has 2 nitrogen and oxygen atoms in total. The lowest BCUT2D eigenvalue weighted by Gasteiger charge is -2.10. The molecule has 0 N–H and O–H groups in total. The van der Waals surface area contributed by atoms with Gasteiger partial charge in [-0.1, -0.05) is 119 Å². The third-order valence-electron chi connectivity index (χ3n) is 4.36. The maximum Gasteiger partial charge on any atom is 0.305 e. The first kappa shape index (κ1) is 25.9. The zero-order valence-corrected chi connectivity index (χ0v) is 20.7. The Hall–Kier alpha value is 0.910. The van der Waals surface area contributed by atoms with Crippen molar-refractivity contribution in [2.45, 2.75) is 106 Å². The molecule has 0 saturated carbocycles. The first-order chi connectivity index (χ1) is 12.1. The molecule has 2 atom stereocenters. The van der Waals surface area contributed by atoms with Gasteiger partial charge in [-0.2, -0.15) is 0 Å². The quantitative estimate of drug-likeness (QED) is 0.0987. The minimum Gasteiger partial charge on any atom is -0.464 e. The van der Waals surface area contributed by atoms with Crippen molar-refractivity contribution >= 4 is 53.8 Å². The fourth-order valence-corrected chi connectivity index (χ4v) is 3.72. The van der Waals surface area contributed by atoms with Crippen molar-refractivity contribution in [1.29, 1.82) is 0 Å². The summed E-state index contributed by atoms with van der Waals surface area (Å²) in [6.07, 6.45) is 17.4. The van der Waals surface area contributed by atoms with Crippen molar-refractivity contribution in [2.75, 3.05) is 11.9 Å². The lowest BCUT2D eigenvalue weighted by Crippen LogP contribution is -2.14. The highest BCUT2D eigenvalue weighted by Gasteiger charge is 2.07. The van der Waals surface area contributed by atoms with Crippen LogP contribution >= 0.6 is 47.8 Å². The van der Waals surface area contributed by atoms with E-state index in [4.69, 9.17) is 4.74 Å². The number of alkyl halides is 3. The topological polar surface area (TPSA) is 26.3 Å². The molecule has 0 aromatic rings. The highest BCUT2D eigenvalue weighted by Crippen LogP contribution is 2.19. The number of carbonyl (C=O) groups excluding carboxylic acids is 1. The van der Waals surface area contributed by atoms with Gasteiger partial charge in [-0.3, -0.25) is 4.79 Å². The molecule has 150 valence electrons. The van der Waals surface area contributed by atoms with Crippen molar-refractivity contribution in [3.8, 4) is 0 Å². The smallest absolute Gasteiger partial charge is 0.305 e. The van der Waals surface area contributed by atoms with E-state index in [0.717, 1.165) is 18.2 Å². The Kier molecular flexibility index (Phi) is 20.4. The van der Waals surface area contributed by atoms with Gasteiger partial charge >= 0.3 is 5.97 Å². The largest absolute Gasteiger partial charge is 0.464 e. The van der Waals surface area contributed by atoms with Gasteiger partial charge in [0.15, 0.2) is 0 Å². The lowest BCUT2D eigenvalue weighted by molar-refractivity contribution is -0.143. The summed E-state index contributed by atoms with van der Waals surface area (Å²) in [5.74, 6) is -0.0649. The van der Waals surface area contributed by atoms with Crippen LogP contribution in [0.3, 0.4) is 0 Å². The summed E-state index contributed by atoms with van der Waals surface area (Å²) in [5.41, 5.74) is 0. The maximum atomic E-state index is 11.6. The normalized spacial score (nSPS) is 13.6. The summed E-state index contributed by atoms with van der Waals surface area (Å²) in [7, 11) is 0. The number of hydrogen-bond acceptors (Lipinski definition) is 2. The average Bonchev–Trinajstić information content (AvgIpc) is 2.61. The van der Waals surface area contributed by atoms with E-state index < -0.39 is 0 Å². The molecule has 0 heterocycles. The second-order valence-electron chi connectivity index (χ2n) is 6.89. The van der Waals surface area contributed by atoms with E-state index in [-0.39, 0.29) is 10.8 Å². The number of halogens is 3. The van der Waals surface area contributed by atoms with Gasteiger partial charge in [0.2, 0.25) is 0 Å². The summed E-state index contributed by atoms with van der Waals surface area (Å²) in [4.78, 5) is 12.5. The molecular formula is C20H37Br3O2. The van der Waals surface area contributed by atoms with Gasteiger partial charge in [-0.25, -0.2) is 0 Å². The summed E-state index contributed by atoms with van der Waals surface area (Å²) < 4.78 is 5.20. The van der Waals surface area contributed by atoms with Crippen LogP contribution in [0.15, 0.2) is 0 Å². The molecule has 0 amide bonds. The zero-order chi connectivity index (χ0) is 18.8. The SMILES string of the molecule is CCCCCCCCC(Br)CCCCCCCC(=O)OCC(Br)CBr. The minimum absolute atomic E-state index is 0.0649. The summed E-state index contributed by atoms with van der Waals surface area (Å²) in [6.45, 7) is 2.72. The number of ether oxygens (including phenoxy) is 1. The Labute approximate surface area is 181 Å². The van der Waals surface area contributed by atoms with Gasteiger partial charge in [-0.15, -0.1) is 0 Å². The average molecular weight is 549 g/mol. The number of rotatable bonds is 18. The molecule has 0 aromatic heterocycles. The van der Waals surface area contributed by atoms with Gasteiger partial charge in [0.25, 0.3) is 0 Å². The molecule has 0 bridgehead atoms. The van der Waals surface area contributed by atoms with E-state index in [1.165, 1.54) is 70.6 Å². The predicted octanol–water partition coefficient (Wildman–Crippen LogP) is 7.93. The summed E-state index contributed by atoms with van der Waals surface area (Å²) in [6, 6.07) is 0. The second-order valence-corrected chi connectivity index (χ2v) is 10.1. The molecule has 0 saturated heterocycles. The Balaban J connectivity index is 3.30. The predicted molar refractivity (Wildman–Crippen MR) is 120 cm³/mol. The molecule has 0 aliphatic carbocycles. The molecule has 0 spiro atoms. The van der Waals surface area contributed by atoms with Crippen LogP contribution in [0.2, 0.25) is 0 Å². The van der Waals surface area contributed by atoms with E-state index in [2.05, 4.69) is 54.7 Å². The van der Waals surface area contributed by atoms with Crippen LogP contribution in [0.1, 0.15) is 96.8 Å². The van der Waals surface area contributed by atoms with Crippen LogP contribution in [0.5, 0.6) is 0 Å². The first-order valence-corrected chi connectivity index (χ1v) is 13.0. The van der Waals surface area contributed by atoms with Gasteiger partial charge in [0, 0.05) is 16.6 Å². The minimum atomic E-state index is -0.0649. The molecule has 0 rings (SSSR count).